The molecule has 0 saturated heterocycles. The number of ether oxygens (including phenoxy) is 1. The molecule has 2 aromatic rings. The maximum Gasteiger partial charge on any atom is 0.342 e. The number of quaternary nitrogens is 1. The minimum absolute atomic E-state index is 0.0436. The summed E-state index contributed by atoms with van der Waals surface area (Å²) in [6.45, 7) is 7.38. The Kier molecular flexibility index (Phi) is 6.20. The number of rotatable bonds is 3. The van der Waals surface area contributed by atoms with Crippen LogP contribution in [0.3, 0.4) is 0 Å². The first-order chi connectivity index (χ1) is 13.0. The second-order valence-corrected chi connectivity index (χ2v) is 10.3. The van der Waals surface area contributed by atoms with Gasteiger partial charge in [-0.1, -0.05) is 27.5 Å². The predicted molar refractivity (Wildman–Crippen MR) is 117 cm³/mol. The Labute approximate surface area is 182 Å². The molecular formula is C20H23BrClN2O3S+. The zero-order valence-electron chi connectivity index (χ0n) is 16.2. The molecule has 150 valence electrons. The summed E-state index contributed by atoms with van der Waals surface area (Å²) < 4.78 is 6.37. The molecule has 1 aromatic heterocycles. The molecule has 0 bridgehead atoms. The lowest BCUT2D eigenvalue weighted by Gasteiger charge is -2.22. The van der Waals surface area contributed by atoms with Crippen molar-refractivity contribution in [3.63, 3.8) is 0 Å². The van der Waals surface area contributed by atoms with Gasteiger partial charge in [0.05, 0.1) is 23.5 Å². The number of thiophene rings is 1. The molecule has 0 amide bonds. The van der Waals surface area contributed by atoms with Crippen molar-refractivity contribution in [2.75, 3.05) is 13.6 Å². The predicted octanol–water partition coefficient (Wildman–Crippen LogP) is 4.15. The Balaban J connectivity index is 2.04. The number of carbonyl (C=O) groups is 1. The van der Waals surface area contributed by atoms with Crippen LogP contribution >= 0.6 is 38.9 Å². The van der Waals surface area contributed by atoms with E-state index < -0.39 is 5.60 Å². The average Bonchev–Trinajstić information content (AvgIpc) is 2.92. The SMILES string of the molecule is C[NH+]1CCc2c(sc(/N=C/c3cc(Br)cc(Cl)c3O)c2C(=O)OC(C)(C)C)C1. The second-order valence-electron chi connectivity index (χ2n) is 7.90. The third kappa shape index (κ3) is 4.76. The van der Waals surface area contributed by atoms with Crippen LogP contribution in [0.2, 0.25) is 5.02 Å². The first-order valence-electron chi connectivity index (χ1n) is 8.96. The lowest BCUT2D eigenvalue weighted by Crippen LogP contribution is -3.08. The summed E-state index contributed by atoms with van der Waals surface area (Å²) in [6, 6.07) is 3.34. The van der Waals surface area contributed by atoms with E-state index in [-0.39, 0.29) is 16.7 Å². The highest BCUT2D eigenvalue weighted by Gasteiger charge is 2.31. The van der Waals surface area contributed by atoms with Gasteiger partial charge in [0.2, 0.25) is 0 Å². The molecule has 0 fully saturated rings. The standard InChI is InChI=1S/C20H22BrClN2O3S/c1-20(2,3)27-19(26)16-13-5-6-24(4)10-15(13)28-18(16)23-9-11-7-12(21)8-14(22)17(11)25/h7-9,25H,5-6,10H2,1-4H3/p+1/b23-9+. The fraction of sp³-hybridized carbons (Fsp3) is 0.400. The number of benzene rings is 1. The van der Waals surface area contributed by atoms with E-state index in [9.17, 15) is 9.90 Å². The summed E-state index contributed by atoms with van der Waals surface area (Å²) in [5.41, 5.74) is 1.47. The van der Waals surface area contributed by atoms with Crippen molar-refractivity contribution in [3.8, 4) is 5.75 Å². The second kappa shape index (κ2) is 8.14. The Morgan fingerprint density at radius 3 is 2.82 bits per heavy atom. The number of halogens is 2. The number of esters is 1. The number of nitrogens with zero attached hydrogens (tertiary/aromatic N) is 1. The fourth-order valence-corrected chi connectivity index (χ4v) is 5.18. The number of phenols is 1. The molecule has 0 saturated carbocycles. The zero-order chi connectivity index (χ0) is 20.6. The Morgan fingerprint density at radius 1 is 1.43 bits per heavy atom. The summed E-state index contributed by atoms with van der Waals surface area (Å²) in [6.07, 6.45) is 2.35. The number of aromatic hydroxyl groups is 1. The van der Waals surface area contributed by atoms with E-state index in [4.69, 9.17) is 16.3 Å². The fourth-order valence-electron chi connectivity index (χ4n) is 3.05. The molecule has 0 aliphatic carbocycles. The van der Waals surface area contributed by atoms with Crippen molar-refractivity contribution in [1.29, 1.82) is 0 Å². The van der Waals surface area contributed by atoms with Crippen molar-refractivity contribution in [2.45, 2.75) is 39.3 Å². The smallest absolute Gasteiger partial charge is 0.342 e. The lowest BCUT2D eigenvalue weighted by atomic mass is 10.0. The van der Waals surface area contributed by atoms with Gasteiger partial charge in [-0.05, 0) is 38.5 Å². The first-order valence-corrected chi connectivity index (χ1v) is 10.9. The van der Waals surface area contributed by atoms with Crippen LogP contribution < -0.4 is 4.90 Å². The van der Waals surface area contributed by atoms with Crippen LogP contribution in [0.5, 0.6) is 5.75 Å². The quantitative estimate of drug-likeness (QED) is 0.506. The molecule has 2 heterocycles. The number of likely N-dealkylation sites (N-methyl/N-ethyl adjacent to an activating group) is 1. The number of fused-ring (bicyclic) bond motifs is 1. The van der Waals surface area contributed by atoms with Crippen LogP contribution in [0.25, 0.3) is 0 Å². The van der Waals surface area contributed by atoms with E-state index in [0.717, 1.165) is 34.4 Å². The summed E-state index contributed by atoms with van der Waals surface area (Å²) in [4.78, 5) is 20.0. The third-order valence-electron chi connectivity index (χ3n) is 4.32. The van der Waals surface area contributed by atoms with Gasteiger partial charge in [0, 0.05) is 22.7 Å². The minimum Gasteiger partial charge on any atom is -0.506 e. The van der Waals surface area contributed by atoms with Crippen molar-refractivity contribution < 1.29 is 19.5 Å². The van der Waals surface area contributed by atoms with Gasteiger partial charge in [-0.2, -0.15) is 0 Å². The molecule has 5 nitrogen and oxygen atoms in total. The molecule has 1 unspecified atom stereocenters. The van der Waals surface area contributed by atoms with Crippen LogP contribution in [0, 0.1) is 0 Å². The van der Waals surface area contributed by atoms with Crippen molar-refractivity contribution in [2.24, 2.45) is 4.99 Å². The highest BCUT2D eigenvalue weighted by Crippen LogP contribution is 2.38. The van der Waals surface area contributed by atoms with Crippen LogP contribution in [0.4, 0.5) is 5.00 Å². The van der Waals surface area contributed by atoms with E-state index >= 15 is 0 Å². The highest BCUT2D eigenvalue weighted by atomic mass is 79.9. The summed E-state index contributed by atoms with van der Waals surface area (Å²) in [5.74, 6) is -0.397. The molecule has 2 N–H and O–H groups in total. The van der Waals surface area contributed by atoms with E-state index in [0.29, 0.717) is 16.1 Å². The number of hydrogen-bond acceptors (Lipinski definition) is 5. The van der Waals surface area contributed by atoms with Gasteiger partial charge in [0.1, 0.15) is 28.5 Å². The van der Waals surface area contributed by atoms with Crippen LogP contribution in [0.15, 0.2) is 21.6 Å². The van der Waals surface area contributed by atoms with Crippen LogP contribution in [-0.2, 0) is 17.7 Å². The molecule has 8 heteroatoms. The first kappa shape index (κ1) is 21.3. The van der Waals surface area contributed by atoms with Gasteiger partial charge in [0.25, 0.3) is 0 Å². The lowest BCUT2D eigenvalue weighted by molar-refractivity contribution is -0.895. The number of phenolic OH excluding ortho intramolecular Hbond substituents is 1. The molecular weight excluding hydrogens is 464 g/mol. The molecule has 0 radical (unpaired) electrons. The molecule has 28 heavy (non-hydrogen) atoms. The van der Waals surface area contributed by atoms with E-state index in [1.807, 2.05) is 20.8 Å². The average molecular weight is 487 g/mol. The molecule has 0 spiro atoms. The van der Waals surface area contributed by atoms with Gasteiger partial charge in [-0.3, -0.25) is 0 Å². The normalized spacial score (nSPS) is 17.0. The van der Waals surface area contributed by atoms with Gasteiger partial charge < -0.3 is 14.7 Å². The Hall–Kier alpha value is -1.41. The minimum atomic E-state index is -0.584. The Morgan fingerprint density at radius 2 is 2.14 bits per heavy atom. The molecule has 3 rings (SSSR count). The molecule has 1 aromatic carbocycles. The van der Waals surface area contributed by atoms with E-state index in [1.165, 1.54) is 22.5 Å². The summed E-state index contributed by atoms with van der Waals surface area (Å²) >= 11 is 10.9. The van der Waals surface area contributed by atoms with Gasteiger partial charge in [-0.15, -0.1) is 11.3 Å². The topological polar surface area (TPSA) is 63.3 Å². The number of aliphatic imine (C=N–C) groups is 1. The monoisotopic (exact) mass is 485 g/mol. The van der Waals surface area contributed by atoms with E-state index in [2.05, 4.69) is 28.0 Å². The Bertz CT molecular complexity index is 950. The molecule has 1 atom stereocenters. The van der Waals surface area contributed by atoms with Crippen LogP contribution in [0.1, 0.15) is 47.1 Å². The third-order valence-corrected chi connectivity index (χ3v) is 6.20. The van der Waals surface area contributed by atoms with Crippen molar-refractivity contribution >= 4 is 56.1 Å². The maximum atomic E-state index is 12.9. The van der Waals surface area contributed by atoms with Gasteiger partial charge in [-0.25, -0.2) is 9.79 Å². The van der Waals surface area contributed by atoms with Gasteiger partial charge in [0.15, 0.2) is 0 Å². The summed E-state index contributed by atoms with van der Waals surface area (Å²) in [5, 5.41) is 11.0. The van der Waals surface area contributed by atoms with E-state index in [1.54, 1.807) is 12.1 Å². The molecule has 1 aliphatic rings. The number of hydrogen-bond donors (Lipinski definition) is 2. The highest BCUT2D eigenvalue weighted by molar-refractivity contribution is 9.10. The zero-order valence-corrected chi connectivity index (χ0v) is 19.4. The van der Waals surface area contributed by atoms with Gasteiger partial charge >= 0.3 is 5.97 Å². The number of carbonyl (C=O) groups excluding carboxylic acids is 1. The van der Waals surface area contributed by atoms with Crippen LogP contribution in [-0.4, -0.2) is 36.5 Å². The van der Waals surface area contributed by atoms with Crippen molar-refractivity contribution in [3.05, 3.63) is 43.2 Å². The largest absolute Gasteiger partial charge is 0.506 e. The molecule has 1 aliphatic heterocycles. The number of nitrogens with one attached hydrogen (secondary N) is 1. The maximum absolute atomic E-state index is 12.9. The summed E-state index contributed by atoms with van der Waals surface area (Å²) in [7, 11) is 2.14. The van der Waals surface area contributed by atoms with Crippen molar-refractivity contribution in [1.82, 2.24) is 0 Å².